The maximum atomic E-state index is 5.42. The molecule has 8 aliphatic heterocycles. The lowest BCUT2D eigenvalue weighted by molar-refractivity contribution is -1.06. The molecule has 246 valence electrons. The van der Waals surface area contributed by atoms with Crippen LogP contribution in [0.1, 0.15) is 106 Å². The second-order valence-corrected chi connectivity index (χ2v) is 11.9. The molecular weight excluding hydrogens is 617 g/mol. The number of nitrogens with zero attached hydrogens (tertiary/aromatic N) is 8. The maximum Gasteiger partial charge on any atom is 0.491 e. The van der Waals surface area contributed by atoms with Crippen molar-refractivity contribution in [2.24, 2.45) is 20.0 Å². The van der Waals surface area contributed by atoms with Crippen LogP contribution in [-0.4, -0.2) is 70.9 Å². The van der Waals surface area contributed by atoms with Crippen molar-refractivity contribution in [2.45, 2.75) is 67.7 Å². The zero-order valence-electron chi connectivity index (χ0n) is 30.0. The number of aliphatic imine (C=N–C) groups is 4. The van der Waals surface area contributed by atoms with E-state index in [0.717, 1.165) is 91.2 Å². The maximum absolute atomic E-state index is 5.42. The van der Waals surface area contributed by atoms with Crippen molar-refractivity contribution in [1.82, 2.24) is 0 Å². The van der Waals surface area contributed by atoms with Crippen LogP contribution in [0.15, 0.2) is 117 Å². The monoisotopic (exact) mass is 658 g/mol. The Kier molecular flexibility index (Phi) is 7.37. The minimum Gasteiger partial charge on any atom is -0.120 e. The van der Waals surface area contributed by atoms with Crippen LogP contribution in [0.25, 0.3) is 0 Å². The van der Waals surface area contributed by atoms with Crippen molar-refractivity contribution < 1.29 is 18.3 Å². The number of hydrogen-bond donors (Lipinski definition) is 0. The molecule has 0 unspecified atom stereocenters. The van der Waals surface area contributed by atoms with Gasteiger partial charge in [0, 0.05) is 0 Å². The lowest BCUT2D eigenvalue weighted by Gasteiger charge is -2.38. The fourth-order valence-corrected chi connectivity index (χ4v) is 7.88. The number of amidine groups is 8. The summed E-state index contributed by atoms with van der Waals surface area (Å²) in [6.07, 6.45) is 1.25. The van der Waals surface area contributed by atoms with Gasteiger partial charge in [0.25, 0.3) is 46.7 Å². The van der Waals surface area contributed by atoms with Gasteiger partial charge in [-0.05, 0) is 48.5 Å². The highest BCUT2D eigenvalue weighted by Crippen LogP contribution is 2.46. The third kappa shape index (κ3) is 3.55. The SMILES string of the molecule is CC.CC.CC.CCC.c1ccc2c(c1)C1=NC3=[N+]4C(=NC5=[N+]6C(=NC7=[N+]8C(=NC2=[N+]1C846)c1ccccc17)c1ccccc15)c1ccccc13. The van der Waals surface area contributed by atoms with Gasteiger partial charge in [0.15, 0.2) is 0 Å². The minimum atomic E-state index is -0.923. The van der Waals surface area contributed by atoms with Crippen molar-refractivity contribution in [1.29, 1.82) is 0 Å². The Bertz CT molecular complexity index is 2090. The van der Waals surface area contributed by atoms with Crippen molar-refractivity contribution in [3.63, 3.8) is 0 Å². The normalized spacial score (nSPS) is 18.0. The Labute approximate surface area is 293 Å². The summed E-state index contributed by atoms with van der Waals surface area (Å²) in [5, 5.41) is 0. The molecule has 4 aromatic rings. The Balaban J connectivity index is 0.000000373. The molecule has 0 bridgehead atoms. The summed E-state index contributed by atoms with van der Waals surface area (Å²) in [4.78, 5) is 21.7. The van der Waals surface area contributed by atoms with E-state index in [1.54, 1.807) is 0 Å². The van der Waals surface area contributed by atoms with E-state index < -0.39 is 5.91 Å². The molecule has 0 aliphatic carbocycles. The van der Waals surface area contributed by atoms with Crippen molar-refractivity contribution in [2.75, 3.05) is 0 Å². The first-order valence-electron chi connectivity index (χ1n) is 18.2. The van der Waals surface area contributed by atoms with Crippen LogP contribution >= 0.6 is 0 Å². The summed E-state index contributed by atoms with van der Waals surface area (Å²) in [6.45, 7) is 16.2. The van der Waals surface area contributed by atoms with Gasteiger partial charge in [-0.25, -0.2) is 0 Å². The first kappa shape index (κ1) is 31.5. The van der Waals surface area contributed by atoms with Gasteiger partial charge in [-0.3, -0.25) is 0 Å². The Morgan fingerprint density at radius 1 is 0.360 bits per heavy atom. The molecule has 50 heavy (non-hydrogen) atoms. The van der Waals surface area contributed by atoms with Gasteiger partial charge in [0.05, 0.1) is 44.5 Å². The molecule has 0 N–H and O–H groups in total. The third-order valence-corrected chi connectivity index (χ3v) is 9.38. The van der Waals surface area contributed by atoms with Crippen LogP contribution in [0.4, 0.5) is 0 Å². The van der Waals surface area contributed by atoms with Gasteiger partial charge >= 0.3 is 5.91 Å². The topological polar surface area (TPSA) is 61.5 Å². The molecular formula is C42H42N8+4. The van der Waals surface area contributed by atoms with Gasteiger partial charge < -0.3 is 0 Å². The van der Waals surface area contributed by atoms with Gasteiger partial charge in [-0.15, -0.1) is 18.3 Å². The zero-order chi connectivity index (χ0) is 34.9. The van der Waals surface area contributed by atoms with Crippen LogP contribution in [0, 0.1) is 0 Å². The van der Waals surface area contributed by atoms with Gasteiger partial charge in [0.2, 0.25) is 0 Å². The van der Waals surface area contributed by atoms with E-state index >= 15 is 0 Å². The van der Waals surface area contributed by atoms with Gasteiger partial charge in [-0.1, -0.05) is 130 Å². The quantitative estimate of drug-likeness (QED) is 0.182. The summed E-state index contributed by atoms with van der Waals surface area (Å²) in [5.41, 5.74) is 8.67. The summed E-state index contributed by atoms with van der Waals surface area (Å²) in [5.74, 6) is 6.26. The van der Waals surface area contributed by atoms with Gasteiger partial charge in [0.1, 0.15) is 0 Å². The molecule has 12 rings (SSSR count). The van der Waals surface area contributed by atoms with E-state index in [1.807, 2.05) is 41.5 Å². The summed E-state index contributed by atoms with van der Waals surface area (Å²) < 4.78 is 9.32. The highest BCUT2D eigenvalue weighted by atomic mass is 15.7. The van der Waals surface area contributed by atoms with E-state index in [2.05, 4.69) is 129 Å². The lowest BCUT2D eigenvalue weighted by Crippen LogP contribution is -2.76. The molecule has 0 aromatic heterocycles. The molecule has 0 amide bonds. The summed E-state index contributed by atoms with van der Waals surface area (Å²) in [6, 6.07) is 34.0. The molecule has 0 radical (unpaired) electrons. The van der Waals surface area contributed by atoms with E-state index in [9.17, 15) is 0 Å². The van der Waals surface area contributed by atoms with Crippen molar-refractivity contribution in [3.8, 4) is 0 Å². The van der Waals surface area contributed by atoms with E-state index in [-0.39, 0.29) is 0 Å². The van der Waals surface area contributed by atoms with Crippen LogP contribution in [0.3, 0.4) is 0 Å². The number of hydrogen-bond acceptors (Lipinski definition) is 4. The standard InChI is InChI=1S/C33H16N8.C3H8.3C2H6/c1-2-10-18-17(9-1)25-34-27-19-11-3-4-12-20(19)29-36-31-23-15-7-8-16-24(23)32-37-30-22-14-6-5-13-21(22)28-35-26(18)38(25)33(39(27)29,40(28)30)41(31)32;1-3-2;3*1-2/h1-16H;3H2,1-2H3;3*1-2H3/q+4;;;;. The molecule has 0 saturated carbocycles. The summed E-state index contributed by atoms with van der Waals surface area (Å²) >= 11 is 0. The number of benzene rings is 4. The zero-order valence-corrected chi connectivity index (χ0v) is 30.0. The summed E-state index contributed by atoms with van der Waals surface area (Å²) in [7, 11) is 0. The van der Waals surface area contributed by atoms with E-state index in [4.69, 9.17) is 20.0 Å². The van der Waals surface area contributed by atoms with Crippen LogP contribution in [0.5, 0.6) is 0 Å². The van der Waals surface area contributed by atoms with Crippen LogP contribution in [-0.2, 0) is 0 Å². The molecule has 0 saturated heterocycles. The largest absolute Gasteiger partial charge is 0.491 e. The molecule has 1 spiro atoms. The first-order chi connectivity index (χ1) is 24.8. The lowest BCUT2D eigenvalue weighted by atomic mass is 10.1. The predicted octanol–water partition coefficient (Wildman–Crippen LogP) is 7.03. The Morgan fingerprint density at radius 2 is 0.540 bits per heavy atom. The average molecular weight is 659 g/mol. The molecule has 4 aromatic carbocycles. The van der Waals surface area contributed by atoms with E-state index in [1.165, 1.54) is 6.42 Å². The second-order valence-electron chi connectivity index (χ2n) is 11.9. The smallest absolute Gasteiger partial charge is 0.120 e. The molecule has 8 aliphatic rings. The fraction of sp³-hybridized carbons (Fsp3) is 0.238. The average Bonchev–Trinajstić information content (AvgIpc) is 3.90. The highest BCUT2D eigenvalue weighted by molar-refractivity contribution is 6.30. The molecule has 8 heteroatoms. The third-order valence-electron chi connectivity index (χ3n) is 9.38. The molecule has 0 fully saturated rings. The Hall–Kier alpha value is -5.76. The number of rotatable bonds is 0. The Morgan fingerprint density at radius 3 is 0.740 bits per heavy atom. The van der Waals surface area contributed by atoms with Gasteiger partial charge in [-0.2, -0.15) is 0 Å². The predicted molar refractivity (Wildman–Crippen MR) is 202 cm³/mol. The fourth-order valence-electron chi connectivity index (χ4n) is 7.88. The molecule has 0 atom stereocenters. The number of fused-ring (bicyclic) bond motifs is 12. The first-order valence-corrected chi connectivity index (χ1v) is 18.2. The minimum absolute atomic E-state index is 0.898. The van der Waals surface area contributed by atoms with Crippen LogP contribution in [0.2, 0.25) is 0 Å². The molecule has 8 heterocycles. The second kappa shape index (κ2) is 11.7. The van der Waals surface area contributed by atoms with Crippen LogP contribution < -0.4 is 0 Å². The van der Waals surface area contributed by atoms with Crippen molar-refractivity contribution in [3.05, 3.63) is 142 Å². The highest BCUT2D eigenvalue weighted by Gasteiger charge is 2.77. The van der Waals surface area contributed by atoms with E-state index in [0.29, 0.717) is 0 Å². The van der Waals surface area contributed by atoms with Crippen molar-refractivity contribution >= 4 is 46.7 Å². The molecule has 8 nitrogen and oxygen atoms in total.